The summed E-state index contributed by atoms with van der Waals surface area (Å²) in [6.45, 7) is 1.37. The normalized spacial score (nSPS) is 13.2. The number of amides is 1. The van der Waals surface area contributed by atoms with Crippen molar-refractivity contribution in [2.24, 2.45) is 4.99 Å². The Hall–Kier alpha value is -2.60. The standard InChI is InChI=1S/C16H14ClFN4O/c17-11-1-3-12(4-2-11)22-15-13(18)7-10(8-14(15)21-9-23)16-19-5-6-20-16/h1-4,7-9,22H,5-6H2,(H,19,20)(H,21,23). The smallest absolute Gasteiger partial charge is 0.211 e. The number of aliphatic imine (C=N–C) groups is 1. The molecule has 0 bridgehead atoms. The monoisotopic (exact) mass is 332 g/mol. The molecule has 3 rings (SSSR count). The van der Waals surface area contributed by atoms with Gasteiger partial charge in [0, 0.05) is 22.8 Å². The summed E-state index contributed by atoms with van der Waals surface area (Å²) in [5.41, 5.74) is 1.76. The van der Waals surface area contributed by atoms with E-state index in [-0.39, 0.29) is 5.69 Å². The first-order chi connectivity index (χ1) is 11.2. The molecule has 0 aromatic heterocycles. The summed E-state index contributed by atoms with van der Waals surface area (Å²) in [6, 6.07) is 9.89. The highest BCUT2D eigenvalue weighted by molar-refractivity contribution is 6.30. The minimum absolute atomic E-state index is 0.182. The molecule has 118 valence electrons. The van der Waals surface area contributed by atoms with Crippen molar-refractivity contribution in [1.82, 2.24) is 5.32 Å². The van der Waals surface area contributed by atoms with Crippen LogP contribution in [0.25, 0.3) is 0 Å². The van der Waals surface area contributed by atoms with E-state index >= 15 is 0 Å². The van der Waals surface area contributed by atoms with Crippen molar-refractivity contribution < 1.29 is 9.18 Å². The highest BCUT2D eigenvalue weighted by Crippen LogP contribution is 2.30. The van der Waals surface area contributed by atoms with Crippen molar-refractivity contribution in [3.05, 3.63) is 52.8 Å². The lowest BCUT2D eigenvalue weighted by Crippen LogP contribution is -2.20. The maximum Gasteiger partial charge on any atom is 0.211 e. The molecule has 0 saturated heterocycles. The Kier molecular flexibility index (Phi) is 4.43. The predicted molar refractivity (Wildman–Crippen MR) is 90.2 cm³/mol. The van der Waals surface area contributed by atoms with Gasteiger partial charge in [0.1, 0.15) is 11.7 Å². The highest BCUT2D eigenvalue weighted by Gasteiger charge is 2.16. The molecule has 5 nitrogen and oxygen atoms in total. The molecule has 0 saturated carbocycles. The molecule has 2 aromatic rings. The van der Waals surface area contributed by atoms with Crippen LogP contribution in [0, 0.1) is 5.82 Å². The summed E-state index contributed by atoms with van der Waals surface area (Å²) in [7, 11) is 0. The van der Waals surface area contributed by atoms with E-state index in [9.17, 15) is 9.18 Å². The van der Waals surface area contributed by atoms with E-state index < -0.39 is 5.82 Å². The van der Waals surface area contributed by atoms with E-state index in [4.69, 9.17) is 11.6 Å². The van der Waals surface area contributed by atoms with Crippen LogP contribution in [-0.4, -0.2) is 25.3 Å². The molecule has 0 aliphatic carbocycles. The quantitative estimate of drug-likeness (QED) is 0.737. The number of rotatable bonds is 5. The molecule has 1 amide bonds. The molecular formula is C16H14ClFN4O. The van der Waals surface area contributed by atoms with Crippen molar-refractivity contribution in [2.75, 3.05) is 23.7 Å². The van der Waals surface area contributed by atoms with E-state index in [1.54, 1.807) is 30.3 Å². The lowest BCUT2D eigenvalue weighted by atomic mass is 10.1. The molecule has 23 heavy (non-hydrogen) atoms. The van der Waals surface area contributed by atoms with Crippen molar-refractivity contribution in [1.29, 1.82) is 0 Å². The second-order valence-electron chi connectivity index (χ2n) is 4.93. The molecule has 0 radical (unpaired) electrons. The average molecular weight is 333 g/mol. The van der Waals surface area contributed by atoms with E-state index in [0.717, 1.165) is 6.54 Å². The van der Waals surface area contributed by atoms with Crippen molar-refractivity contribution in [3.63, 3.8) is 0 Å². The number of carbonyl (C=O) groups excluding carboxylic acids is 1. The zero-order valence-electron chi connectivity index (χ0n) is 12.1. The van der Waals surface area contributed by atoms with Crippen LogP contribution in [-0.2, 0) is 4.79 Å². The van der Waals surface area contributed by atoms with Gasteiger partial charge < -0.3 is 16.0 Å². The summed E-state index contributed by atoms with van der Waals surface area (Å²) in [6.07, 6.45) is 0.509. The van der Waals surface area contributed by atoms with E-state index in [0.29, 0.717) is 40.8 Å². The number of hydrogen-bond donors (Lipinski definition) is 3. The largest absolute Gasteiger partial charge is 0.368 e. The number of carbonyl (C=O) groups is 1. The summed E-state index contributed by atoms with van der Waals surface area (Å²) < 4.78 is 14.5. The zero-order chi connectivity index (χ0) is 16.2. The molecule has 0 atom stereocenters. The lowest BCUT2D eigenvalue weighted by molar-refractivity contribution is -0.105. The molecule has 1 aliphatic rings. The van der Waals surface area contributed by atoms with Crippen LogP contribution in [0.5, 0.6) is 0 Å². The van der Waals surface area contributed by atoms with Crippen LogP contribution in [0.4, 0.5) is 21.5 Å². The van der Waals surface area contributed by atoms with Gasteiger partial charge in [-0.15, -0.1) is 0 Å². The first-order valence-corrected chi connectivity index (χ1v) is 7.40. The Bertz CT molecular complexity index is 761. The number of nitrogens with zero attached hydrogens (tertiary/aromatic N) is 1. The van der Waals surface area contributed by atoms with Gasteiger partial charge in [0.2, 0.25) is 6.41 Å². The predicted octanol–water partition coefficient (Wildman–Crippen LogP) is 3.14. The topological polar surface area (TPSA) is 65.5 Å². The third-order valence-corrected chi connectivity index (χ3v) is 3.62. The molecular weight excluding hydrogens is 319 g/mol. The van der Waals surface area contributed by atoms with Crippen LogP contribution in [0.15, 0.2) is 41.4 Å². The highest BCUT2D eigenvalue weighted by atomic mass is 35.5. The number of halogens is 2. The van der Waals surface area contributed by atoms with E-state index in [1.807, 2.05) is 0 Å². The number of nitrogens with one attached hydrogen (secondary N) is 3. The first-order valence-electron chi connectivity index (χ1n) is 7.02. The minimum Gasteiger partial charge on any atom is -0.368 e. The van der Waals surface area contributed by atoms with E-state index in [2.05, 4.69) is 20.9 Å². The third-order valence-electron chi connectivity index (χ3n) is 3.37. The number of anilines is 3. The van der Waals surface area contributed by atoms with Gasteiger partial charge in [-0.1, -0.05) is 11.6 Å². The van der Waals surface area contributed by atoms with Crippen molar-refractivity contribution in [3.8, 4) is 0 Å². The van der Waals surface area contributed by atoms with Crippen LogP contribution >= 0.6 is 11.6 Å². The summed E-state index contributed by atoms with van der Waals surface area (Å²) in [5, 5.41) is 9.14. The van der Waals surface area contributed by atoms with Gasteiger partial charge in [0.15, 0.2) is 0 Å². The van der Waals surface area contributed by atoms with Gasteiger partial charge >= 0.3 is 0 Å². The van der Waals surface area contributed by atoms with Gasteiger partial charge in [-0.25, -0.2) is 4.39 Å². The number of benzene rings is 2. The lowest BCUT2D eigenvalue weighted by Gasteiger charge is -2.14. The van der Waals surface area contributed by atoms with Crippen LogP contribution in [0.3, 0.4) is 0 Å². The Balaban J connectivity index is 1.97. The second kappa shape index (κ2) is 6.66. The van der Waals surface area contributed by atoms with Gasteiger partial charge in [-0.05, 0) is 36.4 Å². The fourth-order valence-electron chi connectivity index (χ4n) is 2.32. The molecule has 0 unspecified atom stereocenters. The number of amidine groups is 1. The van der Waals surface area contributed by atoms with Crippen molar-refractivity contribution >= 4 is 40.9 Å². The summed E-state index contributed by atoms with van der Waals surface area (Å²) >= 11 is 5.84. The fourth-order valence-corrected chi connectivity index (χ4v) is 2.44. The maximum absolute atomic E-state index is 14.5. The number of hydrogen-bond acceptors (Lipinski definition) is 4. The molecule has 1 heterocycles. The Morgan fingerprint density at radius 2 is 2.04 bits per heavy atom. The zero-order valence-corrected chi connectivity index (χ0v) is 12.8. The van der Waals surface area contributed by atoms with Gasteiger partial charge in [0.25, 0.3) is 0 Å². The SMILES string of the molecule is O=CNc1cc(C2=NCCN2)cc(F)c1Nc1ccc(Cl)cc1. The van der Waals surface area contributed by atoms with Gasteiger partial charge in [0.05, 0.1) is 17.9 Å². The minimum atomic E-state index is -0.488. The molecule has 2 aromatic carbocycles. The maximum atomic E-state index is 14.5. The Morgan fingerprint density at radius 1 is 1.26 bits per heavy atom. The second-order valence-corrected chi connectivity index (χ2v) is 5.37. The molecule has 3 N–H and O–H groups in total. The average Bonchev–Trinajstić information content (AvgIpc) is 3.07. The van der Waals surface area contributed by atoms with Crippen LogP contribution in [0.1, 0.15) is 5.56 Å². The molecule has 1 aliphatic heterocycles. The molecule has 0 fully saturated rings. The summed E-state index contributed by atoms with van der Waals surface area (Å²) in [5.74, 6) is 0.133. The molecule has 7 heteroatoms. The van der Waals surface area contributed by atoms with Crippen LogP contribution < -0.4 is 16.0 Å². The Morgan fingerprint density at radius 3 is 2.70 bits per heavy atom. The van der Waals surface area contributed by atoms with E-state index in [1.165, 1.54) is 6.07 Å². The van der Waals surface area contributed by atoms with Crippen LogP contribution in [0.2, 0.25) is 5.02 Å². The first kappa shape index (κ1) is 15.3. The fraction of sp³-hybridized carbons (Fsp3) is 0.125. The van der Waals surface area contributed by atoms with Gasteiger partial charge in [-0.2, -0.15) is 0 Å². The Labute approximate surface area is 137 Å². The van der Waals surface area contributed by atoms with Crippen molar-refractivity contribution in [2.45, 2.75) is 0 Å². The summed E-state index contributed by atoms with van der Waals surface area (Å²) in [4.78, 5) is 15.1. The third kappa shape index (κ3) is 3.43. The van der Waals surface area contributed by atoms with Gasteiger partial charge in [-0.3, -0.25) is 9.79 Å². The molecule has 0 spiro atoms.